The molecule has 3 aromatic rings. The molecule has 1 amide bonds. The number of pyridine rings is 1. The molecule has 0 fully saturated rings. The van der Waals surface area contributed by atoms with Crippen LogP contribution in [0.25, 0.3) is 0 Å². The maximum Gasteiger partial charge on any atom is 0.255 e. The Morgan fingerprint density at radius 2 is 2.11 bits per heavy atom. The number of rotatable bonds is 4. The van der Waals surface area contributed by atoms with Crippen LogP contribution in [-0.4, -0.2) is 26.7 Å². The Balaban J connectivity index is 1.43. The molecular weight excluding hydrogens is 362 g/mol. The number of carbonyl (C=O) groups excluding carboxylic acids is 1. The Hall–Kier alpha value is -2.70. The van der Waals surface area contributed by atoms with Crippen molar-refractivity contribution in [1.29, 1.82) is 0 Å². The van der Waals surface area contributed by atoms with Crippen molar-refractivity contribution in [3.8, 4) is 0 Å². The molecule has 1 aliphatic carbocycles. The minimum absolute atomic E-state index is 0.162. The molecule has 0 bridgehead atoms. The van der Waals surface area contributed by atoms with E-state index in [-0.39, 0.29) is 11.9 Å². The summed E-state index contributed by atoms with van der Waals surface area (Å²) in [4.78, 5) is 17.0. The lowest BCUT2D eigenvalue weighted by Crippen LogP contribution is -2.28. The van der Waals surface area contributed by atoms with E-state index in [1.54, 1.807) is 35.4 Å². The molecule has 6 nitrogen and oxygen atoms in total. The van der Waals surface area contributed by atoms with E-state index in [2.05, 4.69) is 15.4 Å². The summed E-state index contributed by atoms with van der Waals surface area (Å²) in [6.45, 7) is 0.601. The number of nitrogens with zero attached hydrogens (tertiary/aromatic N) is 3. The summed E-state index contributed by atoms with van der Waals surface area (Å²) in [6.07, 6.45) is 7.73. The smallest absolute Gasteiger partial charge is 0.255 e. The molecular formula is C20H20ClN5O. The first-order valence-electron chi connectivity index (χ1n) is 8.88. The zero-order valence-corrected chi connectivity index (χ0v) is 15.5. The SMILES string of the molecule is NC1CCc2ncc(NC(=O)c3ccc(Cn4cc(Cl)cn4)cc3)cc2C1. The lowest BCUT2D eigenvalue weighted by molar-refractivity contribution is 0.102. The van der Waals surface area contributed by atoms with Crippen LogP contribution in [-0.2, 0) is 19.4 Å². The summed E-state index contributed by atoms with van der Waals surface area (Å²) in [7, 11) is 0. The highest BCUT2D eigenvalue weighted by Gasteiger charge is 2.17. The summed E-state index contributed by atoms with van der Waals surface area (Å²) in [5.74, 6) is -0.162. The lowest BCUT2D eigenvalue weighted by atomic mass is 9.92. The van der Waals surface area contributed by atoms with Gasteiger partial charge in [-0.25, -0.2) is 0 Å². The molecule has 0 aliphatic heterocycles. The monoisotopic (exact) mass is 381 g/mol. The van der Waals surface area contributed by atoms with Gasteiger partial charge in [0, 0.05) is 23.5 Å². The van der Waals surface area contributed by atoms with Crippen LogP contribution in [0.15, 0.2) is 48.9 Å². The van der Waals surface area contributed by atoms with Crippen LogP contribution in [0.4, 0.5) is 5.69 Å². The van der Waals surface area contributed by atoms with Crippen LogP contribution in [0.5, 0.6) is 0 Å². The van der Waals surface area contributed by atoms with Gasteiger partial charge in [-0.2, -0.15) is 5.10 Å². The Labute approximate surface area is 162 Å². The van der Waals surface area contributed by atoms with E-state index >= 15 is 0 Å². The highest BCUT2D eigenvalue weighted by molar-refractivity contribution is 6.30. The van der Waals surface area contributed by atoms with Crippen molar-refractivity contribution in [3.63, 3.8) is 0 Å². The fourth-order valence-corrected chi connectivity index (χ4v) is 3.45. The number of carbonyl (C=O) groups is 1. The molecule has 3 N–H and O–H groups in total. The van der Waals surface area contributed by atoms with Gasteiger partial charge in [0.05, 0.1) is 29.6 Å². The summed E-state index contributed by atoms with van der Waals surface area (Å²) in [6, 6.07) is 9.58. The molecule has 0 saturated carbocycles. The first-order valence-corrected chi connectivity index (χ1v) is 9.26. The molecule has 7 heteroatoms. The number of nitrogens with two attached hydrogens (primary N) is 1. The Kier molecular flexibility index (Phi) is 4.92. The molecule has 1 aliphatic rings. The molecule has 0 spiro atoms. The fourth-order valence-electron chi connectivity index (χ4n) is 3.29. The minimum atomic E-state index is -0.162. The van der Waals surface area contributed by atoms with E-state index in [0.717, 1.165) is 36.1 Å². The highest BCUT2D eigenvalue weighted by atomic mass is 35.5. The van der Waals surface area contributed by atoms with Crippen LogP contribution >= 0.6 is 11.6 Å². The maximum atomic E-state index is 12.5. The maximum absolute atomic E-state index is 12.5. The molecule has 4 rings (SSSR count). The summed E-state index contributed by atoms with van der Waals surface area (Å²) >= 11 is 5.87. The summed E-state index contributed by atoms with van der Waals surface area (Å²) < 4.78 is 1.75. The van der Waals surface area contributed by atoms with Gasteiger partial charge in [0.2, 0.25) is 0 Å². The van der Waals surface area contributed by atoms with E-state index in [1.165, 1.54) is 0 Å². The predicted octanol–water partition coefficient (Wildman–Crippen LogP) is 3.05. The van der Waals surface area contributed by atoms with Gasteiger partial charge in [-0.1, -0.05) is 23.7 Å². The van der Waals surface area contributed by atoms with Gasteiger partial charge >= 0.3 is 0 Å². The lowest BCUT2D eigenvalue weighted by Gasteiger charge is -2.21. The number of aromatic nitrogens is 3. The van der Waals surface area contributed by atoms with Crippen LogP contribution < -0.4 is 11.1 Å². The second-order valence-electron chi connectivity index (χ2n) is 6.84. The van der Waals surface area contributed by atoms with Crippen LogP contribution in [0.3, 0.4) is 0 Å². The highest BCUT2D eigenvalue weighted by Crippen LogP contribution is 2.22. The average Bonchev–Trinajstić information content (AvgIpc) is 3.06. The molecule has 138 valence electrons. The molecule has 0 radical (unpaired) electrons. The van der Waals surface area contributed by atoms with Gasteiger partial charge in [-0.05, 0) is 48.6 Å². The number of halogens is 1. The number of nitrogens with one attached hydrogen (secondary N) is 1. The summed E-state index contributed by atoms with van der Waals surface area (Å²) in [5, 5.41) is 7.68. The van der Waals surface area contributed by atoms with Crippen molar-refractivity contribution in [2.45, 2.75) is 31.8 Å². The predicted molar refractivity (Wildman–Crippen MR) is 105 cm³/mol. The largest absolute Gasteiger partial charge is 0.327 e. The average molecular weight is 382 g/mol. The van der Waals surface area contributed by atoms with Gasteiger partial charge < -0.3 is 11.1 Å². The van der Waals surface area contributed by atoms with E-state index in [0.29, 0.717) is 22.8 Å². The number of fused-ring (bicyclic) bond motifs is 1. The molecule has 2 heterocycles. The van der Waals surface area contributed by atoms with Crippen molar-refractivity contribution in [3.05, 3.63) is 76.3 Å². The third kappa shape index (κ3) is 4.18. The molecule has 1 aromatic carbocycles. The van der Waals surface area contributed by atoms with E-state index < -0.39 is 0 Å². The van der Waals surface area contributed by atoms with Crippen molar-refractivity contribution >= 4 is 23.2 Å². The molecule has 2 aromatic heterocycles. The Bertz CT molecular complexity index is 967. The van der Waals surface area contributed by atoms with Crippen molar-refractivity contribution in [2.24, 2.45) is 5.73 Å². The number of aryl methyl sites for hydroxylation is 1. The van der Waals surface area contributed by atoms with E-state index in [9.17, 15) is 4.79 Å². The third-order valence-electron chi connectivity index (χ3n) is 4.71. The quantitative estimate of drug-likeness (QED) is 0.727. The van der Waals surface area contributed by atoms with Gasteiger partial charge in [-0.3, -0.25) is 14.5 Å². The third-order valence-corrected chi connectivity index (χ3v) is 4.91. The van der Waals surface area contributed by atoms with E-state index in [1.807, 2.05) is 18.2 Å². The molecule has 1 atom stereocenters. The standard InChI is InChI=1S/C20H20ClN5O/c21-16-9-24-26(12-16)11-13-1-3-14(4-2-13)20(27)25-18-8-15-7-17(22)5-6-19(15)23-10-18/h1-4,8-10,12,17H,5-7,11,22H2,(H,25,27). The zero-order chi connectivity index (χ0) is 18.8. The molecule has 27 heavy (non-hydrogen) atoms. The zero-order valence-electron chi connectivity index (χ0n) is 14.7. The van der Waals surface area contributed by atoms with Crippen LogP contribution in [0.2, 0.25) is 5.02 Å². The number of amides is 1. The second kappa shape index (κ2) is 7.50. The van der Waals surface area contributed by atoms with Crippen molar-refractivity contribution in [2.75, 3.05) is 5.32 Å². The van der Waals surface area contributed by atoms with Gasteiger partial charge in [0.1, 0.15) is 0 Å². The van der Waals surface area contributed by atoms with Crippen molar-refractivity contribution in [1.82, 2.24) is 14.8 Å². The normalized spacial score (nSPS) is 16.0. The number of hydrogen-bond acceptors (Lipinski definition) is 4. The number of anilines is 1. The topological polar surface area (TPSA) is 85.8 Å². The van der Waals surface area contributed by atoms with Gasteiger partial charge in [-0.15, -0.1) is 0 Å². The van der Waals surface area contributed by atoms with Crippen molar-refractivity contribution < 1.29 is 4.79 Å². The van der Waals surface area contributed by atoms with Crippen LogP contribution in [0, 0.1) is 0 Å². The number of hydrogen-bond donors (Lipinski definition) is 2. The van der Waals surface area contributed by atoms with Gasteiger partial charge in [0.15, 0.2) is 0 Å². The van der Waals surface area contributed by atoms with E-state index in [4.69, 9.17) is 17.3 Å². The number of benzene rings is 1. The molecule has 1 unspecified atom stereocenters. The Morgan fingerprint density at radius 1 is 1.30 bits per heavy atom. The van der Waals surface area contributed by atoms with Crippen LogP contribution in [0.1, 0.15) is 33.6 Å². The Morgan fingerprint density at radius 3 is 2.85 bits per heavy atom. The molecule has 0 saturated heterocycles. The van der Waals surface area contributed by atoms with Gasteiger partial charge in [0.25, 0.3) is 5.91 Å². The summed E-state index contributed by atoms with van der Waals surface area (Å²) in [5.41, 5.74) is 10.6. The minimum Gasteiger partial charge on any atom is -0.327 e. The fraction of sp³-hybridized carbons (Fsp3) is 0.250. The first-order chi connectivity index (χ1) is 13.1. The second-order valence-corrected chi connectivity index (χ2v) is 7.28. The first kappa shape index (κ1) is 17.7.